The van der Waals surface area contributed by atoms with Crippen molar-refractivity contribution in [3.63, 3.8) is 0 Å². The fourth-order valence-corrected chi connectivity index (χ4v) is 2.92. The molecule has 0 aliphatic carbocycles. The molecule has 0 saturated heterocycles. The molecular formula is C18H26ClN3O. The predicted molar refractivity (Wildman–Crippen MR) is 94.9 cm³/mol. The molecule has 1 aromatic carbocycles. The van der Waals surface area contributed by atoms with Crippen LogP contribution in [0.5, 0.6) is 0 Å². The first-order valence-corrected chi connectivity index (χ1v) is 8.38. The number of rotatable bonds is 7. The first-order chi connectivity index (χ1) is 10.9. The van der Waals surface area contributed by atoms with E-state index < -0.39 is 0 Å². The molecule has 2 rings (SSSR count). The highest BCUT2D eigenvalue weighted by molar-refractivity contribution is 6.30. The van der Waals surface area contributed by atoms with E-state index >= 15 is 0 Å². The number of nitrogens with zero attached hydrogens (tertiary/aromatic N) is 3. The lowest BCUT2D eigenvalue weighted by molar-refractivity contribution is 0.246. The van der Waals surface area contributed by atoms with Crippen LogP contribution in [-0.2, 0) is 19.5 Å². The van der Waals surface area contributed by atoms with Gasteiger partial charge in [-0.1, -0.05) is 23.7 Å². The molecule has 0 spiro atoms. The lowest BCUT2D eigenvalue weighted by atomic mass is 10.1. The van der Waals surface area contributed by atoms with E-state index in [1.54, 1.807) is 0 Å². The topological polar surface area (TPSA) is 41.3 Å². The molecule has 0 amide bonds. The maximum atomic E-state index is 9.12. The maximum Gasteiger partial charge on any atom is 0.0644 e. The van der Waals surface area contributed by atoms with Gasteiger partial charge in [-0.25, -0.2) is 0 Å². The van der Waals surface area contributed by atoms with Crippen LogP contribution in [-0.4, -0.2) is 39.5 Å². The second-order valence-electron chi connectivity index (χ2n) is 6.19. The van der Waals surface area contributed by atoms with Gasteiger partial charge in [0.1, 0.15) is 0 Å². The van der Waals surface area contributed by atoms with E-state index in [4.69, 9.17) is 16.7 Å². The van der Waals surface area contributed by atoms with E-state index in [2.05, 4.69) is 43.0 Å². The van der Waals surface area contributed by atoms with Crippen LogP contribution >= 0.6 is 11.6 Å². The fourth-order valence-electron chi connectivity index (χ4n) is 2.80. The van der Waals surface area contributed by atoms with Crippen LogP contribution in [0.3, 0.4) is 0 Å². The second kappa shape index (κ2) is 7.95. The smallest absolute Gasteiger partial charge is 0.0644 e. The molecule has 1 aromatic heterocycles. The molecule has 0 aliphatic heterocycles. The largest absolute Gasteiger partial charge is 0.394 e. The molecule has 2 aromatic rings. The first-order valence-electron chi connectivity index (χ1n) is 8.00. The quantitative estimate of drug-likeness (QED) is 0.844. The van der Waals surface area contributed by atoms with Gasteiger partial charge in [0.25, 0.3) is 0 Å². The number of aliphatic hydroxyl groups excluding tert-OH is 1. The summed E-state index contributed by atoms with van der Waals surface area (Å²) in [6, 6.07) is 8.47. The highest BCUT2D eigenvalue weighted by Crippen LogP contribution is 2.18. The van der Waals surface area contributed by atoms with Crippen LogP contribution in [0.2, 0.25) is 5.02 Å². The molecule has 1 atom stereocenters. The zero-order chi connectivity index (χ0) is 17.0. The first kappa shape index (κ1) is 18.0. The molecule has 1 unspecified atom stereocenters. The molecule has 126 valence electrons. The van der Waals surface area contributed by atoms with E-state index in [0.29, 0.717) is 12.6 Å². The Balaban J connectivity index is 2.03. The monoisotopic (exact) mass is 335 g/mol. The minimum atomic E-state index is 0.115. The third kappa shape index (κ3) is 4.56. The van der Waals surface area contributed by atoms with Crippen molar-refractivity contribution in [2.45, 2.75) is 46.3 Å². The van der Waals surface area contributed by atoms with Crippen LogP contribution < -0.4 is 0 Å². The molecule has 1 N–H and O–H groups in total. The summed E-state index contributed by atoms with van der Waals surface area (Å²) < 4.78 is 1.89. The zero-order valence-corrected chi connectivity index (χ0v) is 15.1. The summed E-state index contributed by atoms with van der Waals surface area (Å²) in [6.07, 6.45) is 0.983. The number of hydrogen-bond acceptors (Lipinski definition) is 3. The zero-order valence-electron chi connectivity index (χ0n) is 14.4. The van der Waals surface area contributed by atoms with Crippen molar-refractivity contribution in [3.8, 4) is 0 Å². The third-order valence-electron chi connectivity index (χ3n) is 4.45. The predicted octanol–water partition coefficient (Wildman–Crippen LogP) is 3.21. The number of aromatic nitrogens is 2. The second-order valence-corrected chi connectivity index (χ2v) is 6.63. The van der Waals surface area contributed by atoms with E-state index in [-0.39, 0.29) is 6.61 Å². The summed E-state index contributed by atoms with van der Waals surface area (Å²) in [6.45, 7) is 7.87. The summed E-state index contributed by atoms with van der Waals surface area (Å²) >= 11 is 5.94. The number of aliphatic hydroxyl groups is 1. The summed E-state index contributed by atoms with van der Waals surface area (Å²) in [7, 11) is 2.14. The molecule has 0 aliphatic rings. The number of aryl methyl sites for hydroxylation is 1. The Morgan fingerprint density at radius 3 is 2.52 bits per heavy atom. The summed E-state index contributed by atoms with van der Waals surface area (Å²) in [5.74, 6) is 0. The Bertz CT molecular complexity index is 636. The summed E-state index contributed by atoms with van der Waals surface area (Å²) in [5.41, 5.74) is 4.73. The van der Waals surface area contributed by atoms with Crippen molar-refractivity contribution in [1.82, 2.24) is 14.7 Å². The number of halogens is 1. The normalized spacial score (nSPS) is 12.8. The maximum absolute atomic E-state index is 9.12. The van der Waals surface area contributed by atoms with Gasteiger partial charge in [0.2, 0.25) is 0 Å². The highest BCUT2D eigenvalue weighted by Gasteiger charge is 2.16. The summed E-state index contributed by atoms with van der Waals surface area (Å²) in [4.78, 5) is 2.34. The van der Waals surface area contributed by atoms with Gasteiger partial charge in [-0.05, 0) is 51.9 Å². The van der Waals surface area contributed by atoms with Gasteiger partial charge >= 0.3 is 0 Å². The van der Waals surface area contributed by atoms with E-state index in [0.717, 1.165) is 29.4 Å². The number of likely N-dealkylation sites (N-methyl/N-ethyl adjacent to an activating group) is 1. The van der Waals surface area contributed by atoms with Gasteiger partial charge in [0.15, 0.2) is 0 Å². The van der Waals surface area contributed by atoms with Gasteiger partial charge in [-0.2, -0.15) is 5.10 Å². The Labute approximate surface area is 143 Å². The molecule has 0 radical (unpaired) electrons. The average Bonchev–Trinajstić information content (AvgIpc) is 2.77. The molecule has 4 nitrogen and oxygen atoms in total. The molecule has 1 heterocycles. The average molecular weight is 336 g/mol. The Morgan fingerprint density at radius 1 is 1.26 bits per heavy atom. The molecule has 5 heteroatoms. The van der Waals surface area contributed by atoms with Crippen molar-refractivity contribution in [2.24, 2.45) is 0 Å². The Hall–Kier alpha value is -1.36. The lowest BCUT2D eigenvalue weighted by Gasteiger charge is -2.25. The van der Waals surface area contributed by atoms with E-state index in [9.17, 15) is 0 Å². The van der Waals surface area contributed by atoms with Gasteiger partial charge in [-0.3, -0.25) is 9.58 Å². The van der Waals surface area contributed by atoms with Gasteiger partial charge in [-0.15, -0.1) is 0 Å². The summed E-state index contributed by atoms with van der Waals surface area (Å²) in [5, 5.41) is 14.4. The highest BCUT2D eigenvalue weighted by atomic mass is 35.5. The number of hydrogen-bond donors (Lipinski definition) is 1. The van der Waals surface area contributed by atoms with Crippen LogP contribution in [0.15, 0.2) is 24.3 Å². The van der Waals surface area contributed by atoms with Crippen molar-refractivity contribution in [2.75, 3.05) is 13.7 Å². The molecular weight excluding hydrogens is 310 g/mol. The SMILES string of the molecule is Cc1nn(CCO)c(C)c1CN(C)C(C)Cc1ccc(Cl)cc1. The standard InChI is InChI=1S/C18H26ClN3O/c1-13(11-16-5-7-17(19)8-6-16)21(4)12-18-14(2)20-22(9-10-23)15(18)3/h5-8,13,23H,9-12H2,1-4H3. The van der Waals surface area contributed by atoms with Crippen LogP contribution in [0, 0.1) is 13.8 Å². The van der Waals surface area contributed by atoms with Crippen molar-refractivity contribution in [1.29, 1.82) is 0 Å². The Kier molecular flexibility index (Phi) is 6.22. The van der Waals surface area contributed by atoms with Gasteiger partial charge in [0.05, 0.1) is 18.8 Å². The lowest BCUT2D eigenvalue weighted by Crippen LogP contribution is -2.30. The minimum absolute atomic E-state index is 0.115. The fraction of sp³-hybridized carbons (Fsp3) is 0.500. The number of benzene rings is 1. The third-order valence-corrected chi connectivity index (χ3v) is 4.70. The molecule has 0 saturated carbocycles. The van der Waals surface area contributed by atoms with Gasteiger partial charge < -0.3 is 5.11 Å². The van der Waals surface area contributed by atoms with Crippen LogP contribution in [0.25, 0.3) is 0 Å². The van der Waals surface area contributed by atoms with E-state index in [1.807, 2.05) is 23.7 Å². The minimum Gasteiger partial charge on any atom is -0.394 e. The van der Waals surface area contributed by atoms with E-state index in [1.165, 1.54) is 11.1 Å². The van der Waals surface area contributed by atoms with Gasteiger partial charge in [0, 0.05) is 28.9 Å². The van der Waals surface area contributed by atoms with Crippen molar-refractivity contribution < 1.29 is 5.11 Å². The molecule has 0 fully saturated rings. The Morgan fingerprint density at radius 2 is 1.91 bits per heavy atom. The molecule has 23 heavy (non-hydrogen) atoms. The van der Waals surface area contributed by atoms with Crippen LogP contribution in [0.4, 0.5) is 0 Å². The van der Waals surface area contributed by atoms with Crippen molar-refractivity contribution in [3.05, 3.63) is 51.8 Å². The van der Waals surface area contributed by atoms with Crippen molar-refractivity contribution >= 4 is 11.6 Å². The molecule has 0 bridgehead atoms. The van der Waals surface area contributed by atoms with Crippen LogP contribution in [0.1, 0.15) is 29.4 Å².